The highest BCUT2D eigenvalue weighted by Crippen LogP contribution is 2.35. The van der Waals surface area contributed by atoms with Crippen LogP contribution in [0.2, 0.25) is 0 Å². The summed E-state index contributed by atoms with van der Waals surface area (Å²) in [5.41, 5.74) is -0.0456. The van der Waals surface area contributed by atoms with Gasteiger partial charge < -0.3 is 15.4 Å². The van der Waals surface area contributed by atoms with E-state index in [4.69, 9.17) is 4.74 Å². The average Bonchev–Trinajstić information content (AvgIpc) is 3.19. The number of ether oxygens (including phenoxy) is 1. The molecule has 0 spiro atoms. The summed E-state index contributed by atoms with van der Waals surface area (Å²) in [4.78, 5) is 24.2. The van der Waals surface area contributed by atoms with E-state index in [0.717, 1.165) is 37.8 Å². The Morgan fingerprint density at radius 1 is 1.00 bits per heavy atom. The smallest absolute Gasteiger partial charge is 0.419 e. The molecule has 29 heavy (non-hydrogen) atoms. The SMILES string of the molecule is O=C(COc1ccccc1C(F)(F)F)Nc1ccc(C(=O)NC2CCCC2)cc1. The molecule has 0 radical (unpaired) electrons. The fraction of sp³-hybridized carbons (Fsp3) is 0.333. The molecule has 154 valence electrons. The molecule has 0 aliphatic heterocycles. The van der Waals surface area contributed by atoms with Crippen LogP contribution in [0.3, 0.4) is 0 Å². The summed E-state index contributed by atoms with van der Waals surface area (Å²) in [5.74, 6) is -1.18. The van der Waals surface area contributed by atoms with Gasteiger partial charge in [-0.1, -0.05) is 25.0 Å². The lowest BCUT2D eigenvalue weighted by Crippen LogP contribution is -2.32. The van der Waals surface area contributed by atoms with Crippen molar-refractivity contribution in [1.82, 2.24) is 5.32 Å². The monoisotopic (exact) mass is 406 g/mol. The molecule has 8 heteroatoms. The summed E-state index contributed by atoms with van der Waals surface area (Å²) in [7, 11) is 0. The normalized spacial score (nSPS) is 14.4. The predicted octanol–water partition coefficient (Wildman–Crippen LogP) is 4.40. The molecule has 1 aliphatic carbocycles. The van der Waals surface area contributed by atoms with Gasteiger partial charge in [-0.2, -0.15) is 13.2 Å². The van der Waals surface area contributed by atoms with E-state index in [1.54, 1.807) is 24.3 Å². The summed E-state index contributed by atoms with van der Waals surface area (Å²) < 4.78 is 43.9. The van der Waals surface area contributed by atoms with Crippen LogP contribution in [0.5, 0.6) is 5.75 Å². The van der Waals surface area contributed by atoms with Gasteiger partial charge in [-0.3, -0.25) is 9.59 Å². The van der Waals surface area contributed by atoms with E-state index >= 15 is 0 Å². The summed E-state index contributed by atoms with van der Waals surface area (Å²) >= 11 is 0. The second-order valence-electron chi connectivity index (χ2n) is 6.86. The van der Waals surface area contributed by atoms with Crippen molar-refractivity contribution in [3.8, 4) is 5.75 Å². The van der Waals surface area contributed by atoms with Gasteiger partial charge in [0.05, 0.1) is 5.56 Å². The van der Waals surface area contributed by atoms with Gasteiger partial charge in [0.25, 0.3) is 11.8 Å². The van der Waals surface area contributed by atoms with Gasteiger partial charge in [0.2, 0.25) is 0 Å². The number of hydrogen-bond donors (Lipinski definition) is 2. The lowest BCUT2D eigenvalue weighted by molar-refractivity contribution is -0.139. The van der Waals surface area contributed by atoms with Crippen LogP contribution in [0, 0.1) is 0 Å². The zero-order valence-electron chi connectivity index (χ0n) is 15.6. The van der Waals surface area contributed by atoms with Crippen molar-refractivity contribution < 1.29 is 27.5 Å². The third kappa shape index (κ3) is 5.73. The Balaban J connectivity index is 1.53. The summed E-state index contributed by atoms with van der Waals surface area (Å²) in [6.45, 7) is -0.572. The van der Waals surface area contributed by atoms with Crippen LogP contribution < -0.4 is 15.4 Å². The number of carbonyl (C=O) groups excluding carboxylic acids is 2. The van der Waals surface area contributed by atoms with E-state index in [2.05, 4.69) is 10.6 Å². The molecule has 0 aromatic heterocycles. The lowest BCUT2D eigenvalue weighted by Gasteiger charge is -2.14. The number of para-hydroxylation sites is 1. The molecule has 0 atom stereocenters. The van der Waals surface area contributed by atoms with Crippen molar-refractivity contribution in [3.63, 3.8) is 0 Å². The van der Waals surface area contributed by atoms with Crippen molar-refractivity contribution in [2.24, 2.45) is 0 Å². The number of halogens is 3. The van der Waals surface area contributed by atoms with Gasteiger partial charge >= 0.3 is 6.18 Å². The summed E-state index contributed by atoms with van der Waals surface area (Å²) in [6.07, 6.45) is -0.368. The highest BCUT2D eigenvalue weighted by molar-refractivity contribution is 5.96. The minimum absolute atomic E-state index is 0.165. The number of carbonyl (C=O) groups is 2. The van der Waals surface area contributed by atoms with Crippen molar-refractivity contribution in [3.05, 3.63) is 59.7 Å². The Morgan fingerprint density at radius 3 is 2.31 bits per heavy atom. The van der Waals surface area contributed by atoms with E-state index in [1.165, 1.54) is 12.1 Å². The highest BCUT2D eigenvalue weighted by atomic mass is 19.4. The molecule has 2 aromatic rings. The zero-order chi connectivity index (χ0) is 20.9. The molecule has 2 N–H and O–H groups in total. The second-order valence-corrected chi connectivity index (χ2v) is 6.86. The lowest BCUT2D eigenvalue weighted by atomic mass is 10.1. The molecule has 0 heterocycles. The molecular weight excluding hydrogens is 385 g/mol. The van der Waals surface area contributed by atoms with E-state index in [-0.39, 0.29) is 11.9 Å². The molecule has 1 fully saturated rings. The Hall–Kier alpha value is -3.03. The van der Waals surface area contributed by atoms with Gasteiger partial charge in [-0.25, -0.2) is 0 Å². The van der Waals surface area contributed by atoms with Crippen molar-refractivity contribution in [1.29, 1.82) is 0 Å². The molecule has 0 saturated heterocycles. The maximum Gasteiger partial charge on any atom is 0.419 e. The zero-order valence-corrected chi connectivity index (χ0v) is 15.6. The van der Waals surface area contributed by atoms with Crippen LogP contribution in [-0.2, 0) is 11.0 Å². The van der Waals surface area contributed by atoms with Crippen LogP contribution in [0.15, 0.2) is 48.5 Å². The molecule has 1 saturated carbocycles. The molecule has 2 aromatic carbocycles. The van der Waals surface area contributed by atoms with Gasteiger partial charge in [-0.05, 0) is 49.2 Å². The number of benzene rings is 2. The maximum atomic E-state index is 12.9. The molecule has 3 rings (SSSR count). The Kier molecular flexibility index (Phi) is 6.41. The van der Waals surface area contributed by atoms with E-state index in [0.29, 0.717) is 11.3 Å². The first-order chi connectivity index (χ1) is 13.8. The average molecular weight is 406 g/mol. The minimum Gasteiger partial charge on any atom is -0.483 e. The first kappa shape index (κ1) is 20.7. The number of anilines is 1. The largest absolute Gasteiger partial charge is 0.483 e. The third-order valence-electron chi connectivity index (χ3n) is 4.67. The Labute approximate surface area is 166 Å². The number of hydrogen-bond acceptors (Lipinski definition) is 3. The van der Waals surface area contributed by atoms with E-state index < -0.39 is 30.0 Å². The highest BCUT2D eigenvalue weighted by Gasteiger charge is 2.34. The molecule has 0 bridgehead atoms. The second kappa shape index (κ2) is 8.98. The molecular formula is C21H21F3N2O3. The quantitative estimate of drug-likeness (QED) is 0.748. The van der Waals surface area contributed by atoms with Crippen LogP contribution >= 0.6 is 0 Å². The fourth-order valence-corrected chi connectivity index (χ4v) is 3.21. The standard InChI is InChI=1S/C21H21F3N2O3/c22-21(23,24)17-7-3-4-8-18(17)29-13-19(27)25-16-11-9-14(10-12-16)20(28)26-15-5-1-2-6-15/h3-4,7-12,15H,1-2,5-6,13H2,(H,25,27)(H,26,28). The van der Waals surface area contributed by atoms with Gasteiger partial charge in [0.15, 0.2) is 6.61 Å². The molecule has 1 aliphatic rings. The fourth-order valence-electron chi connectivity index (χ4n) is 3.21. The maximum absolute atomic E-state index is 12.9. The van der Waals surface area contributed by atoms with Crippen molar-refractivity contribution in [2.75, 3.05) is 11.9 Å². The number of amides is 2. The van der Waals surface area contributed by atoms with E-state index in [1.807, 2.05) is 0 Å². The van der Waals surface area contributed by atoms with Gasteiger partial charge in [0, 0.05) is 17.3 Å². The minimum atomic E-state index is -4.57. The number of nitrogens with one attached hydrogen (secondary N) is 2. The molecule has 0 unspecified atom stereocenters. The first-order valence-corrected chi connectivity index (χ1v) is 9.33. The van der Waals surface area contributed by atoms with Crippen LogP contribution in [-0.4, -0.2) is 24.5 Å². The topological polar surface area (TPSA) is 67.4 Å². The summed E-state index contributed by atoms with van der Waals surface area (Å²) in [6, 6.07) is 11.2. The number of alkyl halides is 3. The Bertz CT molecular complexity index is 860. The summed E-state index contributed by atoms with van der Waals surface area (Å²) in [5, 5.41) is 5.51. The molecule has 5 nitrogen and oxygen atoms in total. The van der Waals surface area contributed by atoms with Crippen LogP contribution in [0.4, 0.5) is 18.9 Å². The van der Waals surface area contributed by atoms with Crippen molar-refractivity contribution in [2.45, 2.75) is 37.9 Å². The predicted molar refractivity (Wildman–Crippen MR) is 102 cm³/mol. The van der Waals surface area contributed by atoms with Crippen LogP contribution in [0.1, 0.15) is 41.6 Å². The van der Waals surface area contributed by atoms with Crippen molar-refractivity contribution >= 4 is 17.5 Å². The third-order valence-corrected chi connectivity index (χ3v) is 4.67. The number of rotatable bonds is 6. The molecule has 2 amide bonds. The first-order valence-electron chi connectivity index (χ1n) is 9.33. The Morgan fingerprint density at radius 2 is 1.66 bits per heavy atom. The van der Waals surface area contributed by atoms with Gasteiger partial charge in [-0.15, -0.1) is 0 Å². The van der Waals surface area contributed by atoms with Crippen LogP contribution in [0.25, 0.3) is 0 Å². The van der Waals surface area contributed by atoms with E-state index in [9.17, 15) is 22.8 Å². The van der Waals surface area contributed by atoms with Gasteiger partial charge in [0.1, 0.15) is 5.75 Å².